The summed E-state index contributed by atoms with van der Waals surface area (Å²) in [5.41, 5.74) is 3.21. The van der Waals surface area contributed by atoms with Crippen LogP contribution in [-0.4, -0.2) is 20.9 Å². The standard InChI is InChI=1S/C13H16N2O2S/c1-4-8-7-14-15(3)12(8)9-6-11(13(16)17)18-10(9)5-2/h6-7H,4-5H2,1-3H3,(H,16,17). The van der Waals surface area contributed by atoms with Crippen molar-refractivity contribution in [3.8, 4) is 11.3 Å². The van der Waals surface area contributed by atoms with Crippen LogP contribution >= 0.6 is 11.3 Å². The summed E-state index contributed by atoms with van der Waals surface area (Å²) in [6.45, 7) is 4.12. The molecule has 0 aromatic carbocycles. The zero-order valence-electron chi connectivity index (χ0n) is 10.7. The number of hydrogen-bond acceptors (Lipinski definition) is 3. The molecule has 0 fully saturated rings. The van der Waals surface area contributed by atoms with Gasteiger partial charge in [-0.05, 0) is 24.5 Å². The molecular formula is C13H16N2O2S. The van der Waals surface area contributed by atoms with E-state index in [2.05, 4.69) is 12.0 Å². The van der Waals surface area contributed by atoms with Crippen molar-refractivity contribution >= 4 is 17.3 Å². The van der Waals surface area contributed by atoms with Crippen molar-refractivity contribution in [1.82, 2.24) is 9.78 Å². The van der Waals surface area contributed by atoms with E-state index in [-0.39, 0.29) is 0 Å². The van der Waals surface area contributed by atoms with E-state index in [1.165, 1.54) is 11.3 Å². The van der Waals surface area contributed by atoms with Crippen LogP contribution in [0.1, 0.15) is 34.0 Å². The predicted molar refractivity (Wildman–Crippen MR) is 72.2 cm³/mol. The minimum atomic E-state index is -0.860. The smallest absolute Gasteiger partial charge is 0.345 e. The molecule has 1 N–H and O–H groups in total. The minimum Gasteiger partial charge on any atom is -0.477 e. The lowest BCUT2D eigenvalue weighted by molar-refractivity contribution is 0.0702. The van der Waals surface area contributed by atoms with Gasteiger partial charge in [0.1, 0.15) is 4.88 Å². The van der Waals surface area contributed by atoms with E-state index in [0.717, 1.165) is 34.5 Å². The van der Waals surface area contributed by atoms with E-state index in [0.29, 0.717) is 4.88 Å². The number of nitrogens with zero attached hydrogens (tertiary/aromatic N) is 2. The highest BCUT2D eigenvalue weighted by molar-refractivity contribution is 7.14. The maximum absolute atomic E-state index is 11.1. The molecule has 0 aliphatic rings. The quantitative estimate of drug-likeness (QED) is 0.923. The Morgan fingerprint density at radius 3 is 2.72 bits per heavy atom. The van der Waals surface area contributed by atoms with Crippen molar-refractivity contribution in [3.63, 3.8) is 0 Å². The molecule has 18 heavy (non-hydrogen) atoms. The van der Waals surface area contributed by atoms with Crippen LogP contribution in [0.25, 0.3) is 11.3 Å². The molecule has 2 heterocycles. The molecule has 0 atom stereocenters. The van der Waals surface area contributed by atoms with Gasteiger partial charge in [-0.25, -0.2) is 4.79 Å². The Balaban J connectivity index is 2.62. The Bertz CT molecular complexity index is 584. The topological polar surface area (TPSA) is 55.1 Å². The van der Waals surface area contributed by atoms with Gasteiger partial charge in [-0.1, -0.05) is 13.8 Å². The summed E-state index contributed by atoms with van der Waals surface area (Å²) in [6.07, 6.45) is 3.58. The molecule has 0 bridgehead atoms. The second-order valence-corrected chi connectivity index (χ2v) is 5.24. The third-order valence-corrected chi connectivity index (χ3v) is 4.26. The van der Waals surface area contributed by atoms with Crippen molar-refractivity contribution in [2.24, 2.45) is 7.05 Å². The van der Waals surface area contributed by atoms with Crippen LogP contribution < -0.4 is 0 Å². The van der Waals surface area contributed by atoms with Gasteiger partial charge in [0.05, 0.1) is 11.9 Å². The van der Waals surface area contributed by atoms with Gasteiger partial charge in [-0.3, -0.25) is 4.68 Å². The molecule has 2 aromatic rings. The maximum Gasteiger partial charge on any atom is 0.345 e. The van der Waals surface area contributed by atoms with Crippen LogP contribution in [0.15, 0.2) is 12.3 Å². The second kappa shape index (κ2) is 4.94. The molecule has 5 heteroatoms. The Morgan fingerprint density at radius 1 is 1.44 bits per heavy atom. The van der Waals surface area contributed by atoms with Gasteiger partial charge in [0.15, 0.2) is 0 Å². The Morgan fingerprint density at radius 2 is 2.17 bits per heavy atom. The van der Waals surface area contributed by atoms with Crippen LogP contribution in [0.3, 0.4) is 0 Å². The van der Waals surface area contributed by atoms with Crippen molar-refractivity contribution < 1.29 is 9.90 Å². The molecular weight excluding hydrogens is 248 g/mol. The van der Waals surface area contributed by atoms with Gasteiger partial charge in [0.25, 0.3) is 0 Å². The normalized spacial score (nSPS) is 10.8. The number of carbonyl (C=O) groups is 1. The Kier molecular flexibility index (Phi) is 3.52. The molecule has 0 saturated heterocycles. The zero-order valence-corrected chi connectivity index (χ0v) is 11.5. The van der Waals surface area contributed by atoms with Gasteiger partial charge >= 0.3 is 5.97 Å². The first kappa shape index (κ1) is 12.8. The van der Waals surface area contributed by atoms with Crippen LogP contribution in [0.2, 0.25) is 0 Å². The number of hydrogen-bond donors (Lipinski definition) is 1. The molecule has 0 spiro atoms. The van der Waals surface area contributed by atoms with E-state index in [1.54, 1.807) is 6.07 Å². The highest BCUT2D eigenvalue weighted by Gasteiger charge is 2.18. The average Bonchev–Trinajstić information content (AvgIpc) is 2.91. The third kappa shape index (κ3) is 2.06. The molecule has 0 unspecified atom stereocenters. The summed E-state index contributed by atoms with van der Waals surface area (Å²) in [6, 6.07) is 1.77. The fraction of sp³-hybridized carbons (Fsp3) is 0.385. The van der Waals surface area contributed by atoms with Gasteiger partial charge in [0.2, 0.25) is 0 Å². The lowest BCUT2D eigenvalue weighted by atomic mass is 10.1. The highest BCUT2D eigenvalue weighted by Crippen LogP contribution is 2.34. The Labute approximate surface area is 110 Å². The highest BCUT2D eigenvalue weighted by atomic mass is 32.1. The lowest BCUT2D eigenvalue weighted by Gasteiger charge is -2.05. The number of aryl methyl sites for hydroxylation is 3. The predicted octanol–water partition coefficient (Wildman–Crippen LogP) is 2.97. The monoisotopic (exact) mass is 264 g/mol. The van der Waals surface area contributed by atoms with Gasteiger partial charge in [0, 0.05) is 17.5 Å². The van der Waals surface area contributed by atoms with Crippen molar-refractivity contribution in [1.29, 1.82) is 0 Å². The lowest BCUT2D eigenvalue weighted by Crippen LogP contribution is -1.96. The van der Waals surface area contributed by atoms with Crippen molar-refractivity contribution in [3.05, 3.63) is 27.6 Å². The number of rotatable bonds is 4. The number of thiophene rings is 1. The molecule has 0 radical (unpaired) electrons. The van der Waals surface area contributed by atoms with E-state index in [9.17, 15) is 4.79 Å². The summed E-state index contributed by atoms with van der Waals surface area (Å²) >= 11 is 1.35. The fourth-order valence-electron chi connectivity index (χ4n) is 2.09. The van der Waals surface area contributed by atoms with Crippen molar-refractivity contribution in [2.75, 3.05) is 0 Å². The van der Waals surface area contributed by atoms with E-state index in [4.69, 9.17) is 5.11 Å². The number of aromatic nitrogens is 2. The molecule has 0 saturated carbocycles. The van der Waals surface area contributed by atoms with Gasteiger partial charge < -0.3 is 5.11 Å². The first-order valence-electron chi connectivity index (χ1n) is 5.95. The van der Waals surface area contributed by atoms with Crippen LogP contribution in [0.4, 0.5) is 0 Å². The van der Waals surface area contributed by atoms with Gasteiger partial charge in [-0.15, -0.1) is 11.3 Å². The summed E-state index contributed by atoms with van der Waals surface area (Å²) < 4.78 is 1.83. The number of carboxylic acids is 1. The van der Waals surface area contributed by atoms with E-state index >= 15 is 0 Å². The minimum absolute atomic E-state index is 0.394. The largest absolute Gasteiger partial charge is 0.477 e. The van der Waals surface area contributed by atoms with Crippen LogP contribution in [-0.2, 0) is 19.9 Å². The third-order valence-electron chi connectivity index (χ3n) is 2.99. The molecule has 2 rings (SSSR count). The molecule has 0 aliphatic carbocycles. The van der Waals surface area contributed by atoms with Crippen molar-refractivity contribution in [2.45, 2.75) is 26.7 Å². The maximum atomic E-state index is 11.1. The SMILES string of the molecule is CCc1cnn(C)c1-c1cc(C(=O)O)sc1CC. The molecule has 4 nitrogen and oxygen atoms in total. The molecule has 2 aromatic heterocycles. The number of aromatic carboxylic acids is 1. The Hall–Kier alpha value is -1.62. The summed E-state index contributed by atoms with van der Waals surface area (Å²) in [4.78, 5) is 12.6. The van der Waals surface area contributed by atoms with Crippen LogP contribution in [0, 0.1) is 0 Å². The summed E-state index contributed by atoms with van der Waals surface area (Å²) in [5.74, 6) is -0.860. The van der Waals surface area contributed by atoms with E-state index in [1.807, 2.05) is 24.9 Å². The number of carboxylic acid groups (broad SMARTS) is 1. The summed E-state index contributed by atoms with van der Waals surface area (Å²) in [7, 11) is 1.89. The molecule has 96 valence electrons. The fourth-order valence-corrected chi connectivity index (χ4v) is 3.03. The zero-order chi connectivity index (χ0) is 13.3. The first-order valence-corrected chi connectivity index (χ1v) is 6.77. The first-order chi connectivity index (χ1) is 8.58. The second-order valence-electron chi connectivity index (χ2n) is 4.10. The molecule has 0 aliphatic heterocycles. The summed E-state index contributed by atoms with van der Waals surface area (Å²) in [5, 5.41) is 13.4. The average molecular weight is 264 g/mol. The van der Waals surface area contributed by atoms with Gasteiger partial charge in [-0.2, -0.15) is 5.10 Å². The molecule has 0 amide bonds. The van der Waals surface area contributed by atoms with Crippen LogP contribution in [0.5, 0.6) is 0 Å². The van der Waals surface area contributed by atoms with E-state index < -0.39 is 5.97 Å².